The first-order valence-corrected chi connectivity index (χ1v) is 8.02. The van der Waals surface area contributed by atoms with E-state index >= 15 is 0 Å². The molecule has 1 heterocycles. The number of nitrogens with zero attached hydrogens (tertiary/aromatic N) is 1. The average Bonchev–Trinajstić information content (AvgIpc) is 2.76. The predicted molar refractivity (Wildman–Crippen MR) is 68.2 cm³/mol. The zero-order chi connectivity index (χ0) is 13.2. The molecule has 5 nitrogen and oxygen atoms in total. The number of nitrogens with one attached hydrogen (secondary N) is 1. The first-order chi connectivity index (χ1) is 8.48. The van der Waals surface area contributed by atoms with Crippen molar-refractivity contribution in [3.05, 3.63) is 18.0 Å². The molecular weight excluding hydrogens is 252 g/mol. The van der Waals surface area contributed by atoms with E-state index in [1.165, 1.54) is 12.7 Å². The zero-order valence-electron chi connectivity index (χ0n) is 10.8. The molecular formula is C12H20N2O3S. The van der Waals surface area contributed by atoms with Crippen molar-refractivity contribution in [2.45, 2.75) is 44.9 Å². The highest BCUT2D eigenvalue weighted by Gasteiger charge is 2.30. The molecule has 2 rings (SSSR count). The molecule has 0 bridgehead atoms. The summed E-state index contributed by atoms with van der Waals surface area (Å²) in [5.41, 5.74) is 0.444. The van der Waals surface area contributed by atoms with Gasteiger partial charge in [0.1, 0.15) is 12.0 Å². The summed E-state index contributed by atoms with van der Waals surface area (Å²) in [6, 6.07) is 1.62. The molecule has 3 atom stereocenters. The molecule has 6 heteroatoms. The third-order valence-electron chi connectivity index (χ3n) is 3.87. The van der Waals surface area contributed by atoms with Crippen LogP contribution in [-0.2, 0) is 15.8 Å². The third-order valence-corrected chi connectivity index (χ3v) is 5.20. The molecule has 1 N–H and O–H groups in total. The normalized spacial score (nSPS) is 29.3. The van der Waals surface area contributed by atoms with Gasteiger partial charge >= 0.3 is 0 Å². The van der Waals surface area contributed by atoms with E-state index < -0.39 is 10.0 Å². The molecule has 0 amide bonds. The van der Waals surface area contributed by atoms with Gasteiger partial charge in [-0.3, -0.25) is 0 Å². The fourth-order valence-corrected chi connectivity index (χ4v) is 3.94. The van der Waals surface area contributed by atoms with Crippen molar-refractivity contribution in [1.82, 2.24) is 9.88 Å². The Hall–Kier alpha value is -0.880. The van der Waals surface area contributed by atoms with Gasteiger partial charge in [0.15, 0.2) is 0 Å². The van der Waals surface area contributed by atoms with Crippen molar-refractivity contribution in [2.75, 3.05) is 0 Å². The second kappa shape index (κ2) is 5.40. The maximum absolute atomic E-state index is 12.0. The molecule has 1 aliphatic rings. The van der Waals surface area contributed by atoms with Crippen LogP contribution < -0.4 is 4.72 Å². The second-order valence-electron chi connectivity index (χ2n) is 5.24. The summed E-state index contributed by atoms with van der Waals surface area (Å²) >= 11 is 0. The van der Waals surface area contributed by atoms with E-state index in [4.69, 9.17) is 0 Å². The van der Waals surface area contributed by atoms with Crippen LogP contribution in [0.3, 0.4) is 0 Å². The van der Waals surface area contributed by atoms with Gasteiger partial charge in [-0.2, -0.15) is 0 Å². The van der Waals surface area contributed by atoms with Gasteiger partial charge in [-0.05, 0) is 18.3 Å². The van der Waals surface area contributed by atoms with Crippen molar-refractivity contribution in [1.29, 1.82) is 0 Å². The minimum atomic E-state index is -3.33. The SMILES string of the molecule is C[C@@H]1[C@H](C)CCC[C@@H]1NS(=O)(=O)Cc1ccon1. The highest BCUT2D eigenvalue weighted by atomic mass is 32.2. The topological polar surface area (TPSA) is 72.2 Å². The van der Waals surface area contributed by atoms with Crippen molar-refractivity contribution in [3.63, 3.8) is 0 Å². The molecule has 102 valence electrons. The summed E-state index contributed by atoms with van der Waals surface area (Å²) in [6.07, 6.45) is 4.57. The monoisotopic (exact) mass is 272 g/mol. The lowest BCUT2D eigenvalue weighted by molar-refractivity contribution is 0.227. The zero-order valence-corrected chi connectivity index (χ0v) is 11.6. The molecule has 0 unspecified atom stereocenters. The first kappa shape index (κ1) is 13.5. The molecule has 1 aromatic heterocycles. The summed E-state index contributed by atoms with van der Waals surface area (Å²) < 4.78 is 31.5. The summed E-state index contributed by atoms with van der Waals surface area (Å²) in [6.45, 7) is 4.30. The molecule has 0 aliphatic heterocycles. The van der Waals surface area contributed by atoms with Crippen LogP contribution in [0.2, 0.25) is 0 Å². The van der Waals surface area contributed by atoms with Crippen LogP contribution in [0.4, 0.5) is 0 Å². The summed E-state index contributed by atoms with van der Waals surface area (Å²) in [4.78, 5) is 0. The molecule has 0 spiro atoms. The van der Waals surface area contributed by atoms with Gasteiger partial charge in [-0.15, -0.1) is 0 Å². The van der Waals surface area contributed by atoms with Crippen LogP contribution in [0.25, 0.3) is 0 Å². The van der Waals surface area contributed by atoms with Gasteiger partial charge < -0.3 is 4.52 Å². The average molecular weight is 272 g/mol. The molecule has 1 fully saturated rings. The molecule has 1 aliphatic carbocycles. The minimum absolute atomic E-state index is 0.0469. The molecule has 1 saturated carbocycles. The van der Waals surface area contributed by atoms with Crippen LogP contribution in [0, 0.1) is 11.8 Å². The van der Waals surface area contributed by atoms with Crippen LogP contribution in [0.5, 0.6) is 0 Å². The van der Waals surface area contributed by atoms with E-state index in [2.05, 4.69) is 28.2 Å². The van der Waals surface area contributed by atoms with E-state index in [0.717, 1.165) is 12.8 Å². The number of rotatable bonds is 4. The standard InChI is InChI=1S/C12H20N2O3S/c1-9-4-3-5-12(10(9)2)14-18(15,16)8-11-6-7-17-13-11/h6-7,9-10,12,14H,3-5,8H2,1-2H3/t9-,10-,12+/m1/s1. The van der Waals surface area contributed by atoms with E-state index in [-0.39, 0.29) is 11.8 Å². The quantitative estimate of drug-likeness (QED) is 0.909. The maximum Gasteiger partial charge on any atom is 0.217 e. The van der Waals surface area contributed by atoms with Crippen LogP contribution >= 0.6 is 0 Å². The summed E-state index contributed by atoms with van der Waals surface area (Å²) in [7, 11) is -3.33. The van der Waals surface area contributed by atoms with Gasteiger partial charge in [0.2, 0.25) is 10.0 Å². The molecule has 1 aromatic rings. The Labute approximate surface area is 108 Å². The smallest absolute Gasteiger partial charge is 0.217 e. The van der Waals surface area contributed by atoms with Crippen LogP contribution in [0.1, 0.15) is 38.8 Å². The van der Waals surface area contributed by atoms with E-state index in [1.807, 2.05) is 0 Å². The van der Waals surface area contributed by atoms with Gasteiger partial charge in [-0.1, -0.05) is 31.8 Å². The van der Waals surface area contributed by atoms with E-state index in [0.29, 0.717) is 17.5 Å². The molecule has 18 heavy (non-hydrogen) atoms. The molecule has 0 aromatic carbocycles. The minimum Gasteiger partial charge on any atom is -0.364 e. The lowest BCUT2D eigenvalue weighted by Crippen LogP contribution is -2.44. The van der Waals surface area contributed by atoms with Crippen molar-refractivity contribution in [3.8, 4) is 0 Å². The highest BCUT2D eigenvalue weighted by Crippen LogP contribution is 2.30. The number of sulfonamides is 1. The lowest BCUT2D eigenvalue weighted by Gasteiger charge is -2.34. The van der Waals surface area contributed by atoms with Gasteiger partial charge in [0.25, 0.3) is 0 Å². The van der Waals surface area contributed by atoms with Gasteiger partial charge in [0.05, 0.1) is 5.69 Å². The predicted octanol–water partition coefficient (Wildman–Crippen LogP) is 1.92. The van der Waals surface area contributed by atoms with Crippen LogP contribution in [-0.4, -0.2) is 19.6 Å². The highest BCUT2D eigenvalue weighted by molar-refractivity contribution is 7.88. The Morgan fingerprint density at radius 1 is 1.44 bits per heavy atom. The second-order valence-corrected chi connectivity index (χ2v) is 7.00. The van der Waals surface area contributed by atoms with Gasteiger partial charge in [-0.25, -0.2) is 13.1 Å². The van der Waals surface area contributed by atoms with Crippen molar-refractivity contribution >= 4 is 10.0 Å². The fourth-order valence-electron chi connectivity index (χ4n) is 2.53. The van der Waals surface area contributed by atoms with Crippen molar-refractivity contribution < 1.29 is 12.9 Å². The Morgan fingerprint density at radius 2 is 2.22 bits per heavy atom. The lowest BCUT2D eigenvalue weighted by atomic mass is 9.78. The number of hydrogen-bond donors (Lipinski definition) is 1. The Morgan fingerprint density at radius 3 is 2.89 bits per heavy atom. The maximum atomic E-state index is 12.0. The van der Waals surface area contributed by atoms with E-state index in [1.54, 1.807) is 6.07 Å². The fraction of sp³-hybridized carbons (Fsp3) is 0.750. The number of aromatic nitrogens is 1. The van der Waals surface area contributed by atoms with Crippen molar-refractivity contribution in [2.24, 2.45) is 11.8 Å². The largest absolute Gasteiger partial charge is 0.364 e. The first-order valence-electron chi connectivity index (χ1n) is 6.37. The number of hydrogen-bond acceptors (Lipinski definition) is 4. The Bertz CT molecular complexity index is 470. The molecule has 0 radical (unpaired) electrons. The Balaban J connectivity index is 1.99. The molecule has 0 saturated heterocycles. The van der Waals surface area contributed by atoms with Gasteiger partial charge in [0, 0.05) is 12.1 Å². The van der Waals surface area contributed by atoms with Crippen LogP contribution in [0.15, 0.2) is 16.9 Å². The summed E-state index contributed by atoms with van der Waals surface area (Å²) in [5, 5.41) is 3.63. The summed E-state index contributed by atoms with van der Waals surface area (Å²) in [5.74, 6) is 0.838. The Kier molecular flexibility index (Phi) is 4.07. The third kappa shape index (κ3) is 3.32. The van der Waals surface area contributed by atoms with E-state index in [9.17, 15) is 8.42 Å².